The minimum atomic E-state index is -0.0908. The Morgan fingerprint density at radius 2 is 1.73 bits per heavy atom. The Kier molecular flexibility index (Phi) is 4.00. The van der Waals surface area contributed by atoms with Crippen molar-refractivity contribution in [1.82, 2.24) is 9.88 Å². The molecular weight excluding hydrogens is 368 g/mol. The number of ether oxygens (including phenoxy) is 1. The van der Waals surface area contributed by atoms with Crippen molar-refractivity contribution in [1.29, 1.82) is 0 Å². The van der Waals surface area contributed by atoms with Crippen LogP contribution in [0.3, 0.4) is 0 Å². The van der Waals surface area contributed by atoms with Crippen molar-refractivity contribution in [2.24, 2.45) is 0 Å². The maximum Gasteiger partial charge on any atom is 0.120 e. The second-order valence-corrected chi connectivity index (χ2v) is 8.68. The molecule has 30 heavy (non-hydrogen) atoms. The number of benzene rings is 3. The summed E-state index contributed by atoms with van der Waals surface area (Å²) in [7, 11) is 0. The fourth-order valence-corrected chi connectivity index (χ4v) is 5.47. The number of hydrogen-bond acceptors (Lipinski definition) is 2. The molecule has 2 aliphatic rings. The molecule has 0 aliphatic carbocycles. The fraction of sp³-hybridized carbons (Fsp3) is 0.259. The molecular formula is C27H26N2O. The zero-order valence-corrected chi connectivity index (χ0v) is 17.3. The van der Waals surface area contributed by atoms with Crippen LogP contribution in [0.4, 0.5) is 0 Å². The first-order valence-electron chi connectivity index (χ1n) is 10.9. The summed E-state index contributed by atoms with van der Waals surface area (Å²) in [6.45, 7) is 5.21. The van der Waals surface area contributed by atoms with Gasteiger partial charge in [-0.3, -0.25) is 4.90 Å². The summed E-state index contributed by atoms with van der Waals surface area (Å²) in [6.07, 6.45) is 2.22. The van der Waals surface area contributed by atoms with Gasteiger partial charge in [-0.1, -0.05) is 54.6 Å². The molecule has 6 rings (SSSR count). The van der Waals surface area contributed by atoms with E-state index in [2.05, 4.69) is 83.5 Å². The normalized spacial score (nSPS) is 20.4. The number of aromatic nitrogens is 1. The highest BCUT2D eigenvalue weighted by atomic mass is 16.5. The standard InChI is InChI=1S/C27H26N2O/c1-27-24-10-6-5-9-20(24)13-15-29(27)16-14-22-23-17-21(11-12-25(23)28-26(22)27)30-18-19-7-3-2-4-8-19/h2-12,17,28H,13-16,18H2,1H3. The van der Waals surface area contributed by atoms with Gasteiger partial charge >= 0.3 is 0 Å². The van der Waals surface area contributed by atoms with Crippen LogP contribution in [-0.4, -0.2) is 23.0 Å². The summed E-state index contributed by atoms with van der Waals surface area (Å²) in [5.41, 5.74) is 8.04. The third-order valence-corrected chi connectivity index (χ3v) is 7.07. The monoisotopic (exact) mass is 394 g/mol. The van der Waals surface area contributed by atoms with E-state index in [4.69, 9.17) is 4.74 Å². The van der Waals surface area contributed by atoms with Crippen LogP contribution in [0.5, 0.6) is 5.75 Å². The van der Waals surface area contributed by atoms with E-state index in [0.29, 0.717) is 6.61 Å². The minimum Gasteiger partial charge on any atom is -0.489 e. The first kappa shape index (κ1) is 17.8. The Hall–Kier alpha value is -3.04. The molecule has 1 atom stereocenters. The van der Waals surface area contributed by atoms with Gasteiger partial charge in [0, 0.05) is 29.7 Å². The Morgan fingerprint density at radius 3 is 2.63 bits per heavy atom. The summed E-state index contributed by atoms with van der Waals surface area (Å²) in [5, 5.41) is 1.31. The van der Waals surface area contributed by atoms with Crippen LogP contribution in [0.2, 0.25) is 0 Å². The molecule has 3 heterocycles. The molecule has 3 heteroatoms. The van der Waals surface area contributed by atoms with Gasteiger partial charge in [0.05, 0.1) is 5.54 Å². The number of nitrogens with zero attached hydrogens (tertiary/aromatic N) is 1. The number of aromatic amines is 1. The summed E-state index contributed by atoms with van der Waals surface area (Å²) < 4.78 is 6.12. The first-order chi connectivity index (χ1) is 14.7. The van der Waals surface area contributed by atoms with Crippen LogP contribution < -0.4 is 4.74 Å². The molecule has 0 saturated carbocycles. The SMILES string of the molecule is CC12c3ccccc3CCN1CCc1c2[nH]c2ccc(OCc3ccccc3)cc12. The maximum atomic E-state index is 6.12. The Bertz CT molecular complexity index is 1230. The molecule has 0 bridgehead atoms. The van der Waals surface area contributed by atoms with Crippen LogP contribution >= 0.6 is 0 Å². The molecule has 0 saturated heterocycles. The third kappa shape index (κ3) is 2.62. The number of fused-ring (bicyclic) bond motifs is 7. The molecule has 150 valence electrons. The van der Waals surface area contributed by atoms with Crippen molar-refractivity contribution < 1.29 is 4.74 Å². The van der Waals surface area contributed by atoms with Crippen LogP contribution in [0.25, 0.3) is 10.9 Å². The van der Waals surface area contributed by atoms with Gasteiger partial charge in [0.2, 0.25) is 0 Å². The summed E-state index contributed by atoms with van der Waals surface area (Å²) >= 11 is 0. The first-order valence-corrected chi connectivity index (χ1v) is 10.9. The van der Waals surface area contributed by atoms with Gasteiger partial charge in [-0.05, 0) is 60.2 Å². The topological polar surface area (TPSA) is 28.3 Å². The van der Waals surface area contributed by atoms with Crippen LogP contribution in [-0.2, 0) is 25.0 Å². The molecule has 1 unspecified atom stereocenters. The molecule has 4 aromatic rings. The van der Waals surface area contributed by atoms with E-state index in [0.717, 1.165) is 31.7 Å². The zero-order chi connectivity index (χ0) is 20.1. The van der Waals surface area contributed by atoms with Gasteiger partial charge in [-0.25, -0.2) is 0 Å². The van der Waals surface area contributed by atoms with Crippen molar-refractivity contribution in [2.75, 3.05) is 13.1 Å². The fourth-order valence-electron chi connectivity index (χ4n) is 5.47. The quantitative estimate of drug-likeness (QED) is 0.502. The highest BCUT2D eigenvalue weighted by molar-refractivity contribution is 5.87. The van der Waals surface area contributed by atoms with Gasteiger partial charge < -0.3 is 9.72 Å². The van der Waals surface area contributed by atoms with Gasteiger partial charge in [0.1, 0.15) is 12.4 Å². The van der Waals surface area contributed by atoms with E-state index in [1.165, 1.54) is 38.9 Å². The molecule has 0 radical (unpaired) electrons. The van der Waals surface area contributed by atoms with E-state index < -0.39 is 0 Å². The smallest absolute Gasteiger partial charge is 0.120 e. The average Bonchev–Trinajstić information content (AvgIpc) is 3.17. The van der Waals surface area contributed by atoms with E-state index in [9.17, 15) is 0 Å². The van der Waals surface area contributed by atoms with Crippen molar-refractivity contribution in [2.45, 2.75) is 31.9 Å². The minimum absolute atomic E-state index is 0.0908. The highest BCUT2D eigenvalue weighted by Gasteiger charge is 2.45. The van der Waals surface area contributed by atoms with Crippen molar-refractivity contribution in [3.8, 4) is 5.75 Å². The Morgan fingerprint density at radius 1 is 0.933 bits per heavy atom. The summed E-state index contributed by atoms with van der Waals surface area (Å²) in [4.78, 5) is 6.45. The van der Waals surface area contributed by atoms with Gasteiger partial charge in [-0.2, -0.15) is 0 Å². The number of rotatable bonds is 3. The van der Waals surface area contributed by atoms with E-state index in [-0.39, 0.29) is 5.54 Å². The summed E-state index contributed by atoms with van der Waals surface area (Å²) in [5.74, 6) is 0.935. The lowest BCUT2D eigenvalue weighted by atomic mass is 9.75. The maximum absolute atomic E-state index is 6.12. The number of hydrogen-bond donors (Lipinski definition) is 1. The Balaban J connectivity index is 1.42. The van der Waals surface area contributed by atoms with Gasteiger partial charge in [-0.15, -0.1) is 0 Å². The van der Waals surface area contributed by atoms with Crippen LogP contribution in [0.15, 0.2) is 72.8 Å². The molecule has 1 N–H and O–H groups in total. The second-order valence-electron chi connectivity index (χ2n) is 8.68. The molecule has 0 spiro atoms. The second kappa shape index (κ2) is 6.75. The Labute approximate surface area is 177 Å². The molecule has 2 aliphatic heterocycles. The van der Waals surface area contributed by atoms with Crippen molar-refractivity contribution in [3.63, 3.8) is 0 Å². The lowest BCUT2D eigenvalue weighted by Gasteiger charge is -2.49. The lowest BCUT2D eigenvalue weighted by Crippen LogP contribution is -2.53. The number of nitrogens with one attached hydrogen (secondary N) is 1. The van der Waals surface area contributed by atoms with Crippen LogP contribution in [0, 0.1) is 0 Å². The molecule has 0 amide bonds. The largest absolute Gasteiger partial charge is 0.489 e. The molecule has 3 aromatic carbocycles. The van der Waals surface area contributed by atoms with Crippen LogP contribution in [0.1, 0.15) is 34.9 Å². The van der Waals surface area contributed by atoms with E-state index in [1.807, 2.05) is 6.07 Å². The summed E-state index contributed by atoms with van der Waals surface area (Å²) in [6, 6.07) is 25.8. The van der Waals surface area contributed by atoms with Gasteiger partial charge in [0.15, 0.2) is 0 Å². The average molecular weight is 395 g/mol. The van der Waals surface area contributed by atoms with E-state index in [1.54, 1.807) is 0 Å². The molecule has 0 fully saturated rings. The van der Waals surface area contributed by atoms with Gasteiger partial charge in [0.25, 0.3) is 0 Å². The van der Waals surface area contributed by atoms with E-state index >= 15 is 0 Å². The van der Waals surface area contributed by atoms with Crippen molar-refractivity contribution >= 4 is 10.9 Å². The third-order valence-electron chi connectivity index (χ3n) is 7.07. The number of H-pyrrole nitrogens is 1. The zero-order valence-electron chi connectivity index (χ0n) is 17.3. The van der Waals surface area contributed by atoms with Crippen molar-refractivity contribution in [3.05, 3.63) is 101 Å². The highest BCUT2D eigenvalue weighted by Crippen LogP contribution is 2.46. The predicted octanol–water partition coefficient (Wildman–Crippen LogP) is 5.42. The predicted molar refractivity (Wildman–Crippen MR) is 121 cm³/mol. The molecule has 3 nitrogen and oxygen atoms in total. The lowest BCUT2D eigenvalue weighted by molar-refractivity contribution is 0.112. The molecule has 1 aromatic heterocycles.